The first kappa shape index (κ1) is 27.0. The lowest BCUT2D eigenvalue weighted by Crippen LogP contribution is -2.40. The van der Waals surface area contributed by atoms with Gasteiger partial charge in [0.2, 0.25) is 5.91 Å². The van der Waals surface area contributed by atoms with Crippen molar-refractivity contribution in [1.82, 2.24) is 4.98 Å². The van der Waals surface area contributed by atoms with Gasteiger partial charge in [-0.2, -0.15) is 13.2 Å². The molecule has 1 atom stereocenters. The van der Waals surface area contributed by atoms with Crippen LogP contribution in [0.2, 0.25) is 5.02 Å². The van der Waals surface area contributed by atoms with Gasteiger partial charge in [0, 0.05) is 33.6 Å². The molecule has 0 aliphatic heterocycles. The number of anilines is 1. The van der Waals surface area contributed by atoms with Gasteiger partial charge in [0.1, 0.15) is 0 Å². The Kier molecular flexibility index (Phi) is 9.49. The van der Waals surface area contributed by atoms with Crippen LogP contribution < -0.4 is 4.90 Å². The maximum atomic E-state index is 13.1. The van der Waals surface area contributed by atoms with Gasteiger partial charge in [-0.15, -0.1) is 11.8 Å². The fourth-order valence-corrected chi connectivity index (χ4v) is 4.91. The second kappa shape index (κ2) is 11.3. The minimum absolute atomic E-state index is 0.0867. The third-order valence-electron chi connectivity index (χ3n) is 4.71. The van der Waals surface area contributed by atoms with Crippen LogP contribution in [-0.2, 0) is 11.0 Å². The second-order valence-electron chi connectivity index (χ2n) is 8.34. The fourth-order valence-electron chi connectivity index (χ4n) is 3.08. The number of rotatable bonds is 8. The molecule has 0 saturated carbocycles. The second-order valence-corrected chi connectivity index (χ2v) is 10.8. The van der Waals surface area contributed by atoms with Gasteiger partial charge in [0.05, 0.1) is 10.6 Å². The van der Waals surface area contributed by atoms with Crippen molar-refractivity contribution in [2.24, 2.45) is 5.41 Å². The Labute approximate surface area is 205 Å². The molecule has 1 heterocycles. The van der Waals surface area contributed by atoms with Gasteiger partial charge in [0.15, 0.2) is 5.82 Å². The van der Waals surface area contributed by atoms with E-state index in [-0.39, 0.29) is 11.2 Å². The minimum Gasteiger partial charge on any atom is -0.295 e. The third-order valence-corrected chi connectivity index (χ3v) is 6.87. The number of aromatic nitrogens is 1. The molecule has 1 amide bonds. The molecule has 0 saturated heterocycles. The summed E-state index contributed by atoms with van der Waals surface area (Å²) >= 11 is 11.3. The Bertz CT molecular complexity index is 934. The molecule has 2 rings (SSSR count). The van der Waals surface area contributed by atoms with Crippen molar-refractivity contribution < 1.29 is 18.0 Å². The van der Waals surface area contributed by atoms with Crippen molar-refractivity contribution in [2.45, 2.75) is 56.9 Å². The topological polar surface area (TPSA) is 33.2 Å². The van der Waals surface area contributed by atoms with Crippen molar-refractivity contribution in [2.75, 3.05) is 16.8 Å². The highest BCUT2D eigenvalue weighted by Crippen LogP contribution is 2.42. The van der Waals surface area contributed by atoms with E-state index in [4.69, 9.17) is 11.6 Å². The standard InChI is InChI=1S/C23H27BrClF3N2OS/c1-5-30(21(31)22(2,3)4)20-18(25)12-15(14-29-20)19(10-7-11-24)32-17-9-6-8-16(13-17)23(26,27)28/h6,8-9,12-14,19H,5,7,10-11H2,1-4H3. The highest BCUT2D eigenvalue weighted by molar-refractivity contribution is 9.09. The van der Waals surface area contributed by atoms with E-state index in [0.717, 1.165) is 35.9 Å². The van der Waals surface area contributed by atoms with Crippen molar-refractivity contribution in [3.05, 3.63) is 52.7 Å². The number of pyridine rings is 1. The average Bonchev–Trinajstić information content (AvgIpc) is 2.71. The quantitative estimate of drug-likeness (QED) is 0.245. The highest BCUT2D eigenvalue weighted by Gasteiger charge is 2.31. The van der Waals surface area contributed by atoms with E-state index in [2.05, 4.69) is 20.9 Å². The summed E-state index contributed by atoms with van der Waals surface area (Å²) in [6.45, 7) is 7.79. The number of carbonyl (C=O) groups is 1. The predicted molar refractivity (Wildman–Crippen MR) is 130 cm³/mol. The van der Waals surface area contributed by atoms with Crippen LogP contribution in [0.1, 0.15) is 56.9 Å². The van der Waals surface area contributed by atoms with Crippen LogP contribution in [0.3, 0.4) is 0 Å². The SMILES string of the molecule is CCN(C(=O)C(C)(C)C)c1ncc(C(CCCBr)Sc2cccc(C(F)(F)F)c2)cc1Cl. The lowest BCUT2D eigenvalue weighted by Gasteiger charge is -2.28. The summed E-state index contributed by atoms with van der Waals surface area (Å²) in [5, 5.41) is 0.981. The summed E-state index contributed by atoms with van der Waals surface area (Å²) in [6.07, 6.45) is -1.17. The van der Waals surface area contributed by atoms with Crippen LogP contribution in [0.5, 0.6) is 0 Å². The van der Waals surface area contributed by atoms with Crippen LogP contribution in [0, 0.1) is 5.41 Å². The number of nitrogens with zero attached hydrogens (tertiary/aromatic N) is 2. The Morgan fingerprint density at radius 3 is 2.47 bits per heavy atom. The number of hydrogen-bond donors (Lipinski definition) is 0. The van der Waals surface area contributed by atoms with Gasteiger partial charge >= 0.3 is 6.18 Å². The summed E-state index contributed by atoms with van der Waals surface area (Å²) in [5.74, 6) is 0.303. The monoisotopic (exact) mass is 550 g/mol. The third kappa shape index (κ3) is 7.12. The predicted octanol–water partition coefficient (Wildman–Crippen LogP) is 8.16. The maximum Gasteiger partial charge on any atom is 0.416 e. The zero-order valence-corrected chi connectivity index (χ0v) is 21.6. The molecule has 0 bridgehead atoms. The Hall–Kier alpha value is -1.25. The van der Waals surface area contributed by atoms with Gasteiger partial charge < -0.3 is 0 Å². The molecule has 1 unspecified atom stereocenters. The van der Waals surface area contributed by atoms with E-state index < -0.39 is 17.2 Å². The summed E-state index contributed by atoms with van der Waals surface area (Å²) in [4.78, 5) is 19.3. The molecule has 9 heteroatoms. The van der Waals surface area contributed by atoms with Gasteiger partial charge in [-0.1, -0.05) is 54.4 Å². The van der Waals surface area contributed by atoms with E-state index in [1.165, 1.54) is 17.8 Å². The van der Waals surface area contributed by atoms with Crippen LogP contribution in [0.25, 0.3) is 0 Å². The lowest BCUT2D eigenvalue weighted by molar-refractivity contribution is -0.137. The average molecular weight is 552 g/mol. The first-order chi connectivity index (χ1) is 14.9. The number of benzene rings is 1. The summed E-state index contributed by atoms with van der Waals surface area (Å²) in [7, 11) is 0. The Balaban J connectivity index is 2.36. The summed E-state index contributed by atoms with van der Waals surface area (Å²) < 4.78 is 39.3. The molecule has 0 aliphatic rings. The van der Waals surface area contributed by atoms with E-state index in [1.807, 2.05) is 27.7 Å². The van der Waals surface area contributed by atoms with Crippen molar-refractivity contribution in [3.63, 3.8) is 0 Å². The van der Waals surface area contributed by atoms with E-state index >= 15 is 0 Å². The van der Waals surface area contributed by atoms with Gasteiger partial charge in [-0.3, -0.25) is 9.69 Å². The first-order valence-electron chi connectivity index (χ1n) is 10.3. The van der Waals surface area contributed by atoms with E-state index in [9.17, 15) is 18.0 Å². The van der Waals surface area contributed by atoms with Crippen LogP contribution in [-0.4, -0.2) is 22.8 Å². The largest absolute Gasteiger partial charge is 0.416 e. The van der Waals surface area contributed by atoms with Crippen molar-refractivity contribution in [3.8, 4) is 0 Å². The smallest absolute Gasteiger partial charge is 0.295 e. The van der Waals surface area contributed by atoms with E-state index in [0.29, 0.717) is 22.3 Å². The fraction of sp³-hybridized carbons (Fsp3) is 0.478. The minimum atomic E-state index is -4.39. The molecular weight excluding hydrogens is 525 g/mol. The van der Waals surface area contributed by atoms with Crippen LogP contribution >= 0.6 is 39.3 Å². The van der Waals surface area contributed by atoms with Crippen molar-refractivity contribution >= 4 is 51.0 Å². The number of halogens is 5. The molecule has 176 valence electrons. The van der Waals surface area contributed by atoms with Gasteiger partial charge in [-0.25, -0.2) is 4.98 Å². The molecule has 0 aliphatic carbocycles. The maximum absolute atomic E-state index is 13.1. The zero-order chi connectivity index (χ0) is 24.1. The summed E-state index contributed by atoms with van der Waals surface area (Å²) in [6, 6.07) is 7.08. The molecule has 1 aromatic heterocycles. The molecular formula is C23H27BrClF3N2OS. The molecule has 0 radical (unpaired) electrons. The summed E-state index contributed by atoms with van der Waals surface area (Å²) in [5.41, 5.74) is -0.453. The number of amides is 1. The molecule has 3 nitrogen and oxygen atoms in total. The highest BCUT2D eigenvalue weighted by atomic mass is 79.9. The van der Waals surface area contributed by atoms with Gasteiger partial charge in [0.25, 0.3) is 0 Å². The molecule has 2 aromatic rings. The Morgan fingerprint density at radius 2 is 1.94 bits per heavy atom. The van der Waals surface area contributed by atoms with E-state index in [1.54, 1.807) is 23.2 Å². The zero-order valence-electron chi connectivity index (χ0n) is 18.5. The number of hydrogen-bond acceptors (Lipinski definition) is 3. The molecule has 1 aromatic carbocycles. The number of alkyl halides is 4. The van der Waals surface area contributed by atoms with Gasteiger partial charge in [-0.05, 0) is 49.6 Å². The molecule has 32 heavy (non-hydrogen) atoms. The number of carbonyl (C=O) groups excluding carboxylic acids is 1. The van der Waals surface area contributed by atoms with Crippen molar-refractivity contribution in [1.29, 1.82) is 0 Å². The normalized spacial score (nSPS) is 13.2. The molecule has 0 fully saturated rings. The Morgan fingerprint density at radius 1 is 1.25 bits per heavy atom. The molecule has 0 spiro atoms. The lowest BCUT2D eigenvalue weighted by atomic mass is 9.94. The van der Waals surface area contributed by atoms with Crippen LogP contribution in [0.4, 0.5) is 19.0 Å². The van der Waals surface area contributed by atoms with Crippen LogP contribution in [0.15, 0.2) is 41.4 Å². The number of thioether (sulfide) groups is 1. The molecule has 0 N–H and O–H groups in total. The first-order valence-corrected chi connectivity index (χ1v) is 12.6.